The molecule has 1 saturated heterocycles. The van der Waals surface area contributed by atoms with Crippen molar-refractivity contribution in [3.63, 3.8) is 0 Å². The first-order chi connectivity index (χ1) is 13.5. The summed E-state index contributed by atoms with van der Waals surface area (Å²) in [6.45, 7) is 12.3. The van der Waals surface area contributed by atoms with E-state index in [1.165, 1.54) is 5.56 Å². The van der Waals surface area contributed by atoms with E-state index < -0.39 is 21.3 Å². The van der Waals surface area contributed by atoms with Crippen LogP contribution in [0.5, 0.6) is 0 Å². The molecule has 5 heteroatoms. The molecule has 156 valence electrons. The van der Waals surface area contributed by atoms with E-state index in [1.54, 1.807) is 7.11 Å². The summed E-state index contributed by atoms with van der Waals surface area (Å²) < 4.78 is 28.6. The molecule has 1 aliphatic rings. The molecule has 2 aromatic carbocycles. The maximum Gasteiger partial charge on any atom is 0.238 e. The van der Waals surface area contributed by atoms with Gasteiger partial charge in [-0.15, -0.1) is 0 Å². The second kappa shape index (κ2) is 7.69. The molecule has 3 atom stereocenters. The summed E-state index contributed by atoms with van der Waals surface area (Å²) >= 11 is 0. The number of benzene rings is 2. The van der Waals surface area contributed by atoms with E-state index >= 15 is 0 Å². The lowest BCUT2D eigenvalue weighted by atomic mass is 9.85. The third kappa shape index (κ3) is 4.31. The lowest BCUT2D eigenvalue weighted by Crippen LogP contribution is -2.28. The fraction of sp³-hybridized carbons (Fsp3) is 0.458. The van der Waals surface area contributed by atoms with E-state index in [1.807, 2.05) is 51.1 Å². The van der Waals surface area contributed by atoms with E-state index in [-0.39, 0.29) is 11.5 Å². The second-order valence-electron chi connectivity index (χ2n) is 9.43. The third-order valence-electron chi connectivity index (χ3n) is 5.10. The zero-order chi connectivity index (χ0) is 21.4. The summed E-state index contributed by atoms with van der Waals surface area (Å²) in [6, 6.07) is 18.4. The Bertz CT molecular complexity index is 908. The summed E-state index contributed by atoms with van der Waals surface area (Å²) in [5.74, 6) is 0.349. The number of ether oxygens (including phenoxy) is 2. The summed E-state index contributed by atoms with van der Waals surface area (Å²) in [5, 5.41) is 0. The van der Waals surface area contributed by atoms with E-state index in [4.69, 9.17) is 9.47 Å². The SMILES string of the molecule is CO/C(=N\S(=O)C(C)(C)C)[C@@]1(c2ccccc2)O[C@@H]1c1ccc(C(C)(C)C)cc1. The van der Waals surface area contributed by atoms with E-state index in [0.717, 1.165) is 11.1 Å². The largest absolute Gasteiger partial charge is 0.481 e. The van der Waals surface area contributed by atoms with Crippen LogP contribution in [-0.2, 0) is 31.5 Å². The molecule has 1 aliphatic heterocycles. The van der Waals surface area contributed by atoms with Crippen LogP contribution in [0.4, 0.5) is 0 Å². The van der Waals surface area contributed by atoms with Crippen molar-refractivity contribution in [3.05, 3.63) is 71.3 Å². The Balaban J connectivity index is 2.04. The van der Waals surface area contributed by atoms with Crippen molar-refractivity contribution in [1.29, 1.82) is 0 Å². The second-order valence-corrected chi connectivity index (χ2v) is 11.3. The van der Waals surface area contributed by atoms with Gasteiger partial charge in [0.1, 0.15) is 17.1 Å². The summed E-state index contributed by atoms with van der Waals surface area (Å²) in [6.07, 6.45) is -0.241. The van der Waals surface area contributed by atoms with Gasteiger partial charge in [-0.3, -0.25) is 0 Å². The topological polar surface area (TPSA) is 51.2 Å². The van der Waals surface area contributed by atoms with Gasteiger partial charge in [-0.1, -0.05) is 75.4 Å². The molecule has 1 heterocycles. The molecule has 1 unspecified atom stereocenters. The highest BCUT2D eigenvalue weighted by Gasteiger charge is 2.64. The van der Waals surface area contributed by atoms with Crippen molar-refractivity contribution in [1.82, 2.24) is 0 Å². The Morgan fingerprint density at radius 3 is 2.07 bits per heavy atom. The highest BCUT2D eigenvalue weighted by Crippen LogP contribution is 2.58. The molecule has 0 amide bonds. The summed E-state index contributed by atoms with van der Waals surface area (Å²) in [4.78, 5) is 0. The minimum absolute atomic E-state index is 0.0855. The van der Waals surface area contributed by atoms with E-state index in [2.05, 4.69) is 49.4 Å². The maximum atomic E-state index is 12.7. The maximum absolute atomic E-state index is 12.7. The van der Waals surface area contributed by atoms with Crippen LogP contribution in [0.2, 0.25) is 0 Å². The standard InChI is InChI=1S/C24H31NO3S/c1-22(2,3)18-15-13-17(14-16-18)20-24(28-20,19-11-9-8-10-12-19)21(27-7)25-29(26)23(4,5)6/h8-16,20H,1-7H3/b25-21-/t20-,24+,29?/m1/s1. The molecule has 1 fully saturated rings. The van der Waals surface area contributed by atoms with Gasteiger partial charge in [0.2, 0.25) is 5.90 Å². The Kier molecular flexibility index (Phi) is 5.76. The van der Waals surface area contributed by atoms with Crippen molar-refractivity contribution in [2.45, 2.75) is 63.4 Å². The lowest BCUT2D eigenvalue weighted by Gasteiger charge is -2.20. The predicted octanol–water partition coefficient (Wildman–Crippen LogP) is 5.46. The van der Waals surface area contributed by atoms with Crippen molar-refractivity contribution < 1.29 is 13.7 Å². The quantitative estimate of drug-likeness (QED) is 0.380. The molecular formula is C24H31NO3S. The normalized spacial score (nSPS) is 23.6. The van der Waals surface area contributed by atoms with Crippen LogP contribution in [-0.4, -0.2) is 22.0 Å². The minimum atomic E-state index is -1.45. The fourth-order valence-corrected chi connectivity index (χ4v) is 3.91. The Labute approximate surface area is 176 Å². The number of rotatable bonds is 4. The zero-order valence-electron chi connectivity index (χ0n) is 18.4. The number of epoxide rings is 1. The van der Waals surface area contributed by atoms with Crippen LogP contribution in [0.1, 0.15) is 64.3 Å². The van der Waals surface area contributed by atoms with Gasteiger partial charge in [-0.2, -0.15) is 4.40 Å². The molecule has 3 rings (SSSR count). The molecule has 0 N–H and O–H groups in total. The zero-order valence-corrected chi connectivity index (χ0v) is 19.2. The monoisotopic (exact) mass is 413 g/mol. The average Bonchev–Trinajstić information content (AvgIpc) is 3.42. The van der Waals surface area contributed by atoms with Crippen molar-refractivity contribution in [3.8, 4) is 0 Å². The lowest BCUT2D eigenvalue weighted by molar-refractivity contribution is 0.295. The van der Waals surface area contributed by atoms with Crippen LogP contribution in [0.25, 0.3) is 0 Å². The molecule has 2 aromatic rings. The molecule has 0 saturated carbocycles. The van der Waals surface area contributed by atoms with Gasteiger partial charge in [-0.05, 0) is 42.9 Å². The third-order valence-corrected chi connectivity index (χ3v) is 6.48. The highest BCUT2D eigenvalue weighted by atomic mass is 32.2. The van der Waals surface area contributed by atoms with Gasteiger partial charge in [0.05, 0.1) is 11.9 Å². The van der Waals surface area contributed by atoms with Crippen LogP contribution < -0.4 is 0 Å². The molecule has 4 nitrogen and oxygen atoms in total. The number of nitrogens with zero attached hydrogens (tertiary/aromatic N) is 1. The number of hydrogen-bond acceptors (Lipinski definition) is 3. The van der Waals surface area contributed by atoms with Gasteiger partial charge in [0, 0.05) is 0 Å². The van der Waals surface area contributed by atoms with Crippen LogP contribution in [0.3, 0.4) is 0 Å². The molecule has 0 radical (unpaired) electrons. The first-order valence-electron chi connectivity index (χ1n) is 9.89. The van der Waals surface area contributed by atoms with Crippen molar-refractivity contribution in [2.24, 2.45) is 4.40 Å². The number of methoxy groups -OCH3 is 1. The molecule has 0 aliphatic carbocycles. The molecule has 0 aromatic heterocycles. The smallest absolute Gasteiger partial charge is 0.238 e. The van der Waals surface area contributed by atoms with E-state index in [0.29, 0.717) is 5.90 Å². The first kappa shape index (κ1) is 21.7. The minimum Gasteiger partial charge on any atom is -0.481 e. The Morgan fingerprint density at radius 1 is 1.00 bits per heavy atom. The van der Waals surface area contributed by atoms with E-state index in [9.17, 15) is 4.21 Å². The Hall–Kier alpha value is -1.98. The van der Waals surface area contributed by atoms with Crippen LogP contribution >= 0.6 is 0 Å². The van der Waals surface area contributed by atoms with Crippen molar-refractivity contribution in [2.75, 3.05) is 7.11 Å². The van der Waals surface area contributed by atoms with Gasteiger partial charge >= 0.3 is 0 Å². The molecular weight excluding hydrogens is 382 g/mol. The van der Waals surface area contributed by atoms with Gasteiger partial charge in [0.15, 0.2) is 5.60 Å². The molecule has 0 bridgehead atoms. The summed E-state index contributed by atoms with van der Waals surface area (Å²) in [5.41, 5.74) is 2.48. The highest BCUT2D eigenvalue weighted by molar-refractivity contribution is 7.85. The molecule has 29 heavy (non-hydrogen) atoms. The number of hydrogen-bond donors (Lipinski definition) is 0. The average molecular weight is 414 g/mol. The summed E-state index contributed by atoms with van der Waals surface area (Å²) in [7, 11) is 0.109. The van der Waals surface area contributed by atoms with Gasteiger partial charge in [0.25, 0.3) is 0 Å². The van der Waals surface area contributed by atoms with Crippen molar-refractivity contribution >= 4 is 16.9 Å². The van der Waals surface area contributed by atoms with Gasteiger partial charge < -0.3 is 9.47 Å². The predicted molar refractivity (Wildman–Crippen MR) is 119 cm³/mol. The fourth-order valence-electron chi connectivity index (χ4n) is 3.27. The Morgan fingerprint density at radius 2 is 1.59 bits per heavy atom. The van der Waals surface area contributed by atoms with Gasteiger partial charge in [-0.25, -0.2) is 4.21 Å². The van der Waals surface area contributed by atoms with Crippen LogP contribution in [0.15, 0.2) is 59.0 Å². The molecule has 0 spiro atoms. The van der Waals surface area contributed by atoms with Crippen LogP contribution in [0, 0.1) is 0 Å². The first-order valence-corrected chi connectivity index (χ1v) is 11.0.